The smallest absolute Gasteiger partial charge is 0.340 e. The lowest BCUT2D eigenvalue weighted by atomic mass is 10.0. The highest BCUT2D eigenvalue weighted by Crippen LogP contribution is 2.15. The number of carbonyl (C=O) groups excluding carboxylic acids is 2. The third-order valence-corrected chi connectivity index (χ3v) is 3.41. The van der Waals surface area contributed by atoms with Gasteiger partial charge in [-0.15, -0.1) is 0 Å². The number of nitrogens with zero attached hydrogens (tertiary/aromatic N) is 1. The van der Waals surface area contributed by atoms with E-state index in [0.717, 1.165) is 5.56 Å². The molecule has 1 aromatic heterocycles. The van der Waals surface area contributed by atoms with Crippen molar-refractivity contribution >= 4 is 11.8 Å². The van der Waals surface area contributed by atoms with Gasteiger partial charge in [0.2, 0.25) is 5.88 Å². The summed E-state index contributed by atoms with van der Waals surface area (Å²) in [6, 6.07) is 10.4. The van der Waals surface area contributed by atoms with E-state index in [9.17, 15) is 9.59 Å². The lowest BCUT2D eigenvalue weighted by Crippen LogP contribution is -2.14. The largest absolute Gasteiger partial charge is 0.481 e. The summed E-state index contributed by atoms with van der Waals surface area (Å²) < 4.78 is 9.94. The van der Waals surface area contributed by atoms with Crippen LogP contribution >= 0.6 is 0 Å². The number of aromatic nitrogens is 1. The zero-order chi connectivity index (χ0) is 16.8. The molecule has 0 unspecified atom stereocenters. The van der Waals surface area contributed by atoms with Crippen molar-refractivity contribution in [2.45, 2.75) is 19.8 Å². The number of rotatable bonds is 6. The first-order chi connectivity index (χ1) is 11.0. The number of hydrogen-bond donors (Lipinski definition) is 0. The Hall–Kier alpha value is -2.69. The normalized spacial score (nSPS) is 10.4. The van der Waals surface area contributed by atoms with Gasteiger partial charge in [-0.1, -0.05) is 38.1 Å². The van der Waals surface area contributed by atoms with Crippen molar-refractivity contribution in [3.8, 4) is 5.88 Å². The molecule has 0 radical (unpaired) electrons. The maximum Gasteiger partial charge on any atom is 0.340 e. The van der Waals surface area contributed by atoms with E-state index in [1.807, 2.05) is 12.1 Å². The number of esters is 1. The van der Waals surface area contributed by atoms with Crippen molar-refractivity contribution in [3.63, 3.8) is 0 Å². The van der Waals surface area contributed by atoms with E-state index in [1.165, 1.54) is 19.4 Å². The maximum absolute atomic E-state index is 12.0. The van der Waals surface area contributed by atoms with Crippen molar-refractivity contribution in [3.05, 3.63) is 59.3 Å². The molecule has 0 atom stereocenters. The first kappa shape index (κ1) is 16.7. The number of ether oxygens (including phenoxy) is 2. The van der Waals surface area contributed by atoms with E-state index in [4.69, 9.17) is 9.47 Å². The Bertz CT molecular complexity index is 675. The molecular weight excluding hydrogens is 294 g/mol. The number of hydrogen-bond acceptors (Lipinski definition) is 5. The van der Waals surface area contributed by atoms with Crippen LogP contribution in [0.2, 0.25) is 0 Å². The summed E-state index contributed by atoms with van der Waals surface area (Å²) in [6.07, 6.45) is 1.35. The fourth-order valence-corrected chi connectivity index (χ4v) is 1.97. The lowest BCUT2D eigenvalue weighted by molar-refractivity contribution is 0.0474. The fourth-order valence-electron chi connectivity index (χ4n) is 1.97. The zero-order valence-corrected chi connectivity index (χ0v) is 13.4. The van der Waals surface area contributed by atoms with Gasteiger partial charge >= 0.3 is 5.97 Å². The molecule has 23 heavy (non-hydrogen) atoms. The molecule has 0 spiro atoms. The van der Waals surface area contributed by atoms with Crippen LogP contribution in [0.1, 0.15) is 46.0 Å². The van der Waals surface area contributed by atoms with Crippen LogP contribution < -0.4 is 4.74 Å². The molecule has 1 aromatic carbocycles. The monoisotopic (exact) mass is 313 g/mol. The van der Waals surface area contributed by atoms with Crippen LogP contribution in [0, 0.1) is 0 Å². The third-order valence-electron chi connectivity index (χ3n) is 3.41. The van der Waals surface area contributed by atoms with Crippen molar-refractivity contribution in [2.24, 2.45) is 0 Å². The van der Waals surface area contributed by atoms with Gasteiger partial charge in [0.05, 0.1) is 12.7 Å². The Kier molecular flexibility index (Phi) is 5.46. The van der Waals surface area contributed by atoms with Gasteiger partial charge in [-0.2, -0.15) is 0 Å². The Balaban J connectivity index is 1.93. The van der Waals surface area contributed by atoms with E-state index in [2.05, 4.69) is 18.8 Å². The van der Waals surface area contributed by atoms with Gasteiger partial charge in [0.15, 0.2) is 12.4 Å². The molecule has 0 saturated heterocycles. The van der Waals surface area contributed by atoms with E-state index in [-0.39, 0.29) is 18.0 Å². The van der Waals surface area contributed by atoms with Gasteiger partial charge in [-0.3, -0.25) is 4.79 Å². The molecule has 0 aliphatic heterocycles. The molecule has 0 amide bonds. The van der Waals surface area contributed by atoms with Gasteiger partial charge in [0.1, 0.15) is 0 Å². The van der Waals surface area contributed by atoms with Crippen LogP contribution in [0.5, 0.6) is 5.88 Å². The average Bonchev–Trinajstić information content (AvgIpc) is 2.59. The van der Waals surface area contributed by atoms with Crippen LogP contribution in [-0.2, 0) is 4.74 Å². The molecular formula is C18H19NO4. The topological polar surface area (TPSA) is 65.5 Å². The summed E-state index contributed by atoms with van der Waals surface area (Å²) in [5, 5.41) is 0. The number of benzene rings is 1. The number of Topliss-reactive ketones (excluding diaryl/α,β-unsaturated/α-hetero) is 1. The second-order valence-electron chi connectivity index (χ2n) is 5.37. The Morgan fingerprint density at radius 2 is 1.70 bits per heavy atom. The Labute approximate surface area is 135 Å². The van der Waals surface area contributed by atoms with Crippen molar-refractivity contribution in [2.75, 3.05) is 13.7 Å². The van der Waals surface area contributed by atoms with Crippen LogP contribution in [-0.4, -0.2) is 30.5 Å². The molecule has 0 fully saturated rings. The minimum atomic E-state index is -0.590. The number of methoxy groups -OCH3 is 1. The number of ketones is 1. The second-order valence-corrected chi connectivity index (χ2v) is 5.37. The molecule has 120 valence electrons. The highest BCUT2D eigenvalue weighted by molar-refractivity contribution is 5.99. The van der Waals surface area contributed by atoms with Gasteiger partial charge in [-0.25, -0.2) is 9.78 Å². The molecule has 0 aliphatic rings. The molecule has 1 heterocycles. The Morgan fingerprint density at radius 3 is 2.22 bits per heavy atom. The minimum absolute atomic E-state index is 0.241. The molecule has 0 aliphatic carbocycles. The predicted octanol–water partition coefficient (Wildman–Crippen LogP) is 3.25. The summed E-state index contributed by atoms with van der Waals surface area (Å²) in [5.74, 6) is -0.0233. The second kappa shape index (κ2) is 7.54. The van der Waals surface area contributed by atoms with E-state index in [1.54, 1.807) is 18.2 Å². The van der Waals surface area contributed by atoms with Crippen molar-refractivity contribution in [1.29, 1.82) is 0 Å². The van der Waals surface area contributed by atoms with Gasteiger partial charge in [0.25, 0.3) is 0 Å². The summed E-state index contributed by atoms with van der Waals surface area (Å²) in [4.78, 5) is 27.8. The van der Waals surface area contributed by atoms with Gasteiger partial charge < -0.3 is 9.47 Å². The molecule has 0 N–H and O–H groups in total. The molecule has 0 saturated carbocycles. The highest BCUT2D eigenvalue weighted by Gasteiger charge is 2.12. The summed E-state index contributed by atoms with van der Waals surface area (Å²) in [6.45, 7) is 3.87. The number of pyridine rings is 1. The predicted molar refractivity (Wildman–Crippen MR) is 85.9 cm³/mol. The van der Waals surface area contributed by atoms with E-state index < -0.39 is 5.97 Å². The van der Waals surface area contributed by atoms with E-state index >= 15 is 0 Å². The summed E-state index contributed by atoms with van der Waals surface area (Å²) in [7, 11) is 1.49. The van der Waals surface area contributed by atoms with E-state index in [0.29, 0.717) is 17.4 Å². The molecule has 5 heteroatoms. The van der Waals surface area contributed by atoms with Gasteiger partial charge in [-0.05, 0) is 17.5 Å². The van der Waals surface area contributed by atoms with Crippen LogP contribution in [0.15, 0.2) is 42.6 Å². The quantitative estimate of drug-likeness (QED) is 0.605. The molecule has 5 nitrogen and oxygen atoms in total. The van der Waals surface area contributed by atoms with Crippen LogP contribution in [0.3, 0.4) is 0 Å². The van der Waals surface area contributed by atoms with Gasteiger partial charge in [0, 0.05) is 17.8 Å². The van der Waals surface area contributed by atoms with Crippen molar-refractivity contribution < 1.29 is 19.1 Å². The first-order valence-corrected chi connectivity index (χ1v) is 7.31. The SMILES string of the molecule is COc1ccc(C(=O)OCC(=O)c2ccc(C(C)C)cc2)cn1. The highest BCUT2D eigenvalue weighted by atomic mass is 16.5. The summed E-state index contributed by atoms with van der Waals surface area (Å²) >= 11 is 0. The molecule has 2 aromatic rings. The first-order valence-electron chi connectivity index (χ1n) is 7.31. The zero-order valence-electron chi connectivity index (χ0n) is 13.4. The molecule has 0 bridgehead atoms. The minimum Gasteiger partial charge on any atom is -0.481 e. The average molecular weight is 313 g/mol. The third kappa shape index (κ3) is 4.39. The summed E-state index contributed by atoms with van der Waals surface area (Å²) in [5.41, 5.74) is 1.95. The lowest BCUT2D eigenvalue weighted by Gasteiger charge is -2.07. The fraction of sp³-hybridized carbons (Fsp3) is 0.278. The Morgan fingerprint density at radius 1 is 1.04 bits per heavy atom. The maximum atomic E-state index is 12.0. The standard InChI is InChI=1S/C18H19NO4/c1-12(2)13-4-6-14(7-5-13)16(20)11-23-18(21)15-8-9-17(22-3)19-10-15/h4-10,12H,11H2,1-3H3. The molecule has 2 rings (SSSR count). The van der Waals surface area contributed by atoms with Crippen molar-refractivity contribution in [1.82, 2.24) is 4.98 Å². The van der Waals surface area contributed by atoms with Crippen LogP contribution in [0.25, 0.3) is 0 Å². The number of carbonyl (C=O) groups is 2. The van der Waals surface area contributed by atoms with Crippen LogP contribution in [0.4, 0.5) is 0 Å².